The molecule has 0 saturated heterocycles. The highest BCUT2D eigenvalue weighted by atomic mass is 16.4. The molecule has 4 atom stereocenters. The average molecular weight is 266 g/mol. The van der Waals surface area contributed by atoms with Crippen molar-refractivity contribution in [3.05, 3.63) is 12.2 Å². The number of rotatable bonds is 4. The number of hydrogen-bond acceptors (Lipinski definition) is 2. The zero-order valence-electron chi connectivity index (χ0n) is 11.9. The molecule has 0 aliphatic heterocycles. The molecule has 2 aliphatic rings. The molecule has 0 aromatic heterocycles. The summed E-state index contributed by atoms with van der Waals surface area (Å²) < 4.78 is 0. The van der Waals surface area contributed by atoms with Crippen molar-refractivity contribution in [2.45, 2.75) is 34.1 Å². The number of carboxylic acids is 2. The third kappa shape index (κ3) is 1.88. The van der Waals surface area contributed by atoms with Crippen LogP contribution >= 0.6 is 0 Å². The van der Waals surface area contributed by atoms with Gasteiger partial charge in [-0.15, -0.1) is 0 Å². The van der Waals surface area contributed by atoms with Crippen LogP contribution in [0.2, 0.25) is 0 Å². The Morgan fingerprint density at radius 3 is 1.47 bits per heavy atom. The molecule has 1 fully saturated rings. The van der Waals surface area contributed by atoms with Crippen LogP contribution in [0.5, 0.6) is 0 Å². The second-order valence-corrected chi connectivity index (χ2v) is 7.05. The number of aliphatic carboxylic acids is 2. The molecule has 2 bridgehead atoms. The van der Waals surface area contributed by atoms with E-state index in [0.29, 0.717) is 0 Å². The Morgan fingerprint density at radius 2 is 1.21 bits per heavy atom. The monoisotopic (exact) mass is 266 g/mol. The molecule has 0 aromatic rings. The second kappa shape index (κ2) is 4.09. The summed E-state index contributed by atoms with van der Waals surface area (Å²) in [6.07, 6.45) is 5.05. The summed E-state index contributed by atoms with van der Waals surface area (Å²) in [7, 11) is 0. The zero-order valence-corrected chi connectivity index (χ0v) is 11.9. The second-order valence-electron chi connectivity index (χ2n) is 7.05. The van der Waals surface area contributed by atoms with E-state index in [-0.39, 0.29) is 23.7 Å². The normalized spacial score (nSPS) is 33.7. The first-order valence-corrected chi connectivity index (χ1v) is 6.75. The fourth-order valence-electron chi connectivity index (χ4n) is 4.08. The van der Waals surface area contributed by atoms with E-state index in [1.807, 2.05) is 0 Å². The minimum absolute atomic E-state index is 0.119. The third-order valence-electron chi connectivity index (χ3n) is 5.23. The van der Waals surface area contributed by atoms with Crippen LogP contribution in [-0.4, -0.2) is 22.2 Å². The largest absolute Gasteiger partial charge is 0.481 e. The van der Waals surface area contributed by atoms with Gasteiger partial charge in [0.25, 0.3) is 0 Å². The van der Waals surface area contributed by atoms with Crippen LogP contribution in [-0.2, 0) is 9.59 Å². The lowest BCUT2D eigenvalue weighted by Crippen LogP contribution is -2.47. The first-order valence-electron chi connectivity index (χ1n) is 6.75. The van der Waals surface area contributed by atoms with Crippen molar-refractivity contribution in [2.24, 2.45) is 34.5 Å². The van der Waals surface area contributed by atoms with Gasteiger partial charge in [0.05, 0.1) is 10.8 Å². The van der Waals surface area contributed by atoms with E-state index in [0.717, 1.165) is 6.42 Å². The molecule has 4 nitrogen and oxygen atoms in total. The number of carboxylic acid groups (broad SMARTS) is 2. The van der Waals surface area contributed by atoms with E-state index in [2.05, 4.69) is 12.2 Å². The quantitative estimate of drug-likeness (QED) is 0.767. The number of fused-ring (bicyclic) bond motifs is 2. The summed E-state index contributed by atoms with van der Waals surface area (Å²) >= 11 is 0. The molecule has 1 saturated carbocycles. The molecule has 0 radical (unpaired) electrons. The lowest BCUT2D eigenvalue weighted by Gasteiger charge is -2.43. The Morgan fingerprint density at radius 1 is 0.895 bits per heavy atom. The lowest BCUT2D eigenvalue weighted by molar-refractivity contribution is -0.160. The Labute approximate surface area is 113 Å². The summed E-state index contributed by atoms with van der Waals surface area (Å²) in [5.41, 5.74) is -1.80. The van der Waals surface area contributed by atoms with Crippen molar-refractivity contribution < 1.29 is 19.8 Å². The van der Waals surface area contributed by atoms with Crippen molar-refractivity contribution in [2.75, 3.05) is 0 Å². The van der Waals surface area contributed by atoms with Crippen molar-refractivity contribution >= 4 is 11.9 Å². The molecule has 2 aliphatic carbocycles. The van der Waals surface area contributed by atoms with Gasteiger partial charge in [-0.2, -0.15) is 0 Å². The van der Waals surface area contributed by atoms with E-state index in [1.165, 1.54) is 0 Å². The van der Waals surface area contributed by atoms with Crippen LogP contribution in [0.3, 0.4) is 0 Å². The molecule has 4 unspecified atom stereocenters. The van der Waals surface area contributed by atoms with Gasteiger partial charge in [0.15, 0.2) is 0 Å². The van der Waals surface area contributed by atoms with Crippen LogP contribution < -0.4 is 0 Å². The molecule has 0 heterocycles. The van der Waals surface area contributed by atoms with Crippen molar-refractivity contribution in [1.82, 2.24) is 0 Å². The summed E-state index contributed by atoms with van der Waals surface area (Å²) in [5, 5.41) is 19.0. The molecule has 2 rings (SSSR count). The summed E-state index contributed by atoms with van der Waals surface area (Å²) in [5.74, 6) is -1.54. The van der Waals surface area contributed by atoms with Crippen LogP contribution in [0.4, 0.5) is 0 Å². The smallest absolute Gasteiger partial charge is 0.309 e. The van der Waals surface area contributed by atoms with E-state index >= 15 is 0 Å². The van der Waals surface area contributed by atoms with Gasteiger partial charge in [-0.3, -0.25) is 9.59 Å². The Bertz CT molecular complexity index is 407. The standard InChI is InChI=1S/C15H22O4/c1-14(2,12(16)17)10-8-5-6-9(7-8)11(10)15(3,4)13(18)19/h5-6,8-11H,7H2,1-4H3,(H,16,17)(H,18,19). The van der Waals surface area contributed by atoms with Crippen molar-refractivity contribution in [3.63, 3.8) is 0 Å². The number of allylic oxidation sites excluding steroid dienone is 2. The van der Waals surface area contributed by atoms with E-state index in [4.69, 9.17) is 0 Å². The highest BCUT2D eigenvalue weighted by Crippen LogP contribution is 2.60. The molecular weight excluding hydrogens is 244 g/mol. The third-order valence-corrected chi connectivity index (χ3v) is 5.23. The van der Waals surface area contributed by atoms with Gasteiger partial charge in [0.1, 0.15) is 0 Å². The van der Waals surface area contributed by atoms with Crippen LogP contribution in [0, 0.1) is 34.5 Å². The first-order chi connectivity index (χ1) is 8.60. The van der Waals surface area contributed by atoms with Gasteiger partial charge < -0.3 is 10.2 Å². The number of hydrogen-bond donors (Lipinski definition) is 2. The van der Waals surface area contributed by atoms with Crippen LogP contribution in [0.25, 0.3) is 0 Å². The summed E-state index contributed by atoms with van der Waals surface area (Å²) in [4.78, 5) is 23.1. The molecule has 0 spiro atoms. The van der Waals surface area contributed by atoms with Crippen molar-refractivity contribution in [3.8, 4) is 0 Å². The van der Waals surface area contributed by atoms with Gasteiger partial charge in [-0.05, 0) is 57.8 Å². The minimum Gasteiger partial charge on any atom is -0.481 e. The van der Waals surface area contributed by atoms with Gasteiger partial charge in [0, 0.05) is 0 Å². The maximum absolute atomic E-state index is 11.6. The fraction of sp³-hybridized carbons (Fsp3) is 0.733. The molecule has 4 heteroatoms. The van der Waals surface area contributed by atoms with Crippen LogP contribution in [0.15, 0.2) is 12.2 Å². The van der Waals surface area contributed by atoms with E-state index in [1.54, 1.807) is 27.7 Å². The number of carbonyl (C=O) groups is 2. The fourth-order valence-corrected chi connectivity index (χ4v) is 4.08. The van der Waals surface area contributed by atoms with E-state index < -0.39 is 22.8 Å². The Hall–Kier alpha value is -1.32. The van der Waals surface area contributed by atoms with Gasteiger partial charge in [-0.25, -0.2) is 0 Å². The molecule has 0 amide bonds. The molecule has 106 valence electrons. The lowest BCUT2D eigenvalue weighted by atomic mass is 9.59. The highest BCUT2D eigenvalue weighted by molar-refractivity contribution is 5.76. The molecule has 0 aromatic carbocycles. The maximum Gasteiger partial charge on any atom is 0.309 e. The minimum atomic E-state index is -0.901. The summed E-state index contributed by atoms with van der Waals surface area (Å²) in [6.45, 7) is 6.89. The van der Waals surface area contributed by atoms with Crippen LogP contribution in [0.1, 0.15) is 34.1 Å². The highest BCUT2D eigenvalue weighted by Gasteiger charge is 2.59. The first kappa shape index (κ1) is 14.1. The van der Waals surface area contributed by atoms with Gasteiger partial charge in [0.2, 0.25) is 0 Å². The SMILES string of the molecule is CC(C)(C(=O)O)C1C2C=CC(C2)C1C(C)(C)C(=O)O. The topological polar surface area (TPSA) is 74.6 Å². The molecule has 2 N–H and O–H groups in total. The van der Waals surface area contributed by atoms with Crippen molar-refractivity contribution in [1.29, 1.82) is 0 Å². The van der Waals surface area contributed by atoms with Gasteiger partial charge in [-0.1, -0.05) is 12.2 Å². The van der Waals surface area contributed by atoms with Gasteiger partial charge >= 0.3 is 11.9 Å². The Balaban J connectivity index is 2.45. The zero-order chi connectivity index (χ0) is 14.6. The average Bonchev–Trinajstić information content (AvgIpc) is 2.87. The van der Waals surface area contributed by atoms with E-state index in [9.17, 15) is 19.8 Å². The Kier molecular flexibility index (Phi) is 3.03. The maximum atomic E-state index is 11.6. The predicted molar refractivity (Wildman–Crippen MR) is 70.6 cm³/mol. The summed E-state index contributed by atoms with van der Waals surface area (Å²) in [6, 6.07) is 0. The molecular formula is C15H22O4. The predicted octanol–water partition coefficient (Wildman–Crippen LogP) is 2.65. The molecule has 19 heavy (non-hydrogen) atoms.